The first kappa shape index (κ1) is 23.6. The fourth-order valence-electron chi connectivity index (χ4n) is 11.5. The molecule has 196 valence electrons. The molecule has 0 aromatic heterocycles. The maximum Gasteiger partial charge on any atom is 0.199 e. The molecular formula is C30H46O5. The van der Waals surface area contributed by atoms with Crippen molar-refractivity contribution in [3.8, 4) is 0 Å². The van der Waals surface area contributed by atoms with Gasteiger partial charge >= 0.3 is 0 Å². The lowest BCUT2D eigenvalue weighted by Gasteiger charge is -2.66. The van der Waals surface area contributed by atoms with E-state index in [1.807, 2.05) is 13.8 Å². The van der Waals surface area contributed by atoms with Crippen LogP contribution in [0.4, 0.5) is 0 Å². The van der Waals surface area contributed by atoms with Crippen molar-refractivity contribution in [2.75, 3.05) is 6.61 Å². The summed E-state index contributed by atoms with van der Waals surface area (Å²) in [5, 5.41) is 23.4. The fourth-order valence-corrected chi connectivity index (χ4v) is 11.5. The van der Waals surface area contributed by atoms with E-state index < -0.39 is 29.0 Å². The first-order chi connectivity index (χ1) is 16.2. The molecule has 0 unspecified atom stereocenters. The van der Waals surface area contributed by atoms with Gasteiger partial charge in [-0.1, -0.05) is 45.8 Å². The maximum atomic E-state index is 12.4. The highest BCUT2D eigenvalue weighted by Crippen LogP contribution is 2.77. The van der Waals surface area contributed by atoms with Gasteiger partial charge in [0.2, 0.25) is 0 Å². The summed E-state index contributed by atoms with van der Waals surface area (Å²) in [6.07, 6.45) is 6.73. The SMILES string of the molecule is C[C@H]1C[C@H]2O[C@]3(O[C@H]2C(C)(C)O)[C@H]1[C@@]1(C)CCC2=C(CC[C@@H]4C(C)(C)[C@H]5CC[C@@]24CO5)[C@]1(C)[C@H]3O. The molecule has 8 aliphatic rings. The van der Waals surface area contributed by atoms with Gasteiger partial charge < -0.3 is 24.4 Å². The molecule has 2 saturated carbocycles. The molecule has 2 N–H and O–H groups in total. The van der Waals surface area contributed by atoms with Crippen LogP contribution in [0.25, 0.3) is 0 Å². The fraction of sp³-hybridized carbons (Fsp3) is 0.933. The van der Waals surface area contributed by atoms with Crippen LogP contribution in [-0.4, -0.2) is 52.6 Å². The van der Waals surface area contributed by atoms with E-state index in [1.165, 1.54) is 18.4 Å². The Hall–Kier alpha value is -0.460. The lowest BCUT2D eigenvalue weighted by atomic mass is 9.42. The molecule has 4 bridgehead atoms. The average Bonchev–Trinajstić information content (AvgIpc) is 3.17. The second kappa shape index (κ2) is 6.57. The lowest BCUT2D eigenvalue weighted by Crippen LogP contribution is -2.63. The monoisotopic (exact) mass is 486 g/mol. The Morgan fingerprint density at radius 3 is 2.37 bits per heavy atom. The topological polar surface area (TPSA) is 68.2 Å². The minimum absolute atomic E-state index is 0.109. The second-order valence-electron chi connectivity index (χ2n) is 15.1. The minimum Gasteiger partial charge on any atom is -0.388 e. The van der Waals surface area contributed by atoms with E-state index in [1.54, 1.807) is 5.57 Å². The zero-order chi connectivity index (χ0) is 25.0. The van der Waals surface area contributed by atoms with E-state index in [2.05, 4.69) is 34.6 Å². The summed E-state index contributed by atoms with van der Waals surface area (Å²) >= 11 is 0. The largest absolute Gasteiger partial charge is 0.388 e. The highest BCUT2D eigenvalue weighted by atomic mass is 16.8. The summed E-state index contributed by atoms with van der Waals surface area (Å²) < 4.78 is 20.1. The van der Waals surface area contributed by atoms with Crippen molar-refractivity contribution in [1.82, 2.24) is 0 Å². The van der Waals surface area contributed by atoms with Crippen LogP contribution < -0.4 is 0 Å². The van der Waals surface area contributed by atoms with E-state index >= 15 is 0 Å². The molecule has 0 radical (unpaired) electrons. The highest BCUT2D eigenvalue weighted by Gasteiger charge is 2.80. The number of ether oxygens (including phenoxy) is 3. The van der Waals surface area contributed by atoms with E-state index in [0.717, 1.165) is 38.7 Å². The Labute approximate surface area is 211 Å². The van der Waals surface area contributed by atoms with Crippen LogP contribution in [0.15, 0.2) is 11.1 Å². The third-order valence-corrected chi connectivity index (χ3v) is 13.0. The zero-order valence-corrected chi connectivity index (χ0v) is 22.8. The number of aliphatic hydroxyl groups excluding tert-OH is 1. The lowest BCUT2D eigenvalue weighted by molar-refractivity contribution is -0.280. The Bertz CT molecular complexity index is 985. The van der Waals surface area contributed by atoms with Crippen LogP contribution in [0, 0.1) is 39.4 Å². The molecule has 2 spiro atoms. The van der Waals surface area contributed by atoms with Gasteiger partial charge in [0.25, 0.3) is 0 Å². The zero-order valence-electron chi connectivity index (χ0n) is 22.8. The summed E-state index contributed by atoms with van der Waals surface area (Å²) in [4.78, 5) is 0. The van der Waals surface area contributed by atoms with Crippen LogP contribution in [0.3, 0.4) is 0 Å². The highest BCUT2D eigenvalue weighted by molar-refractivity contribution is 5.43. The van der Waals surface area contributed by atoms with Gasteiger partial charge in [-0.15, -0.1) is 0 Å². The smallest absolute Gasteiger partial charge is 0.199 e. The molecule has 35 heavy (non-hydrogen) atoms. The van der Waals surface area contributed by atoms with Gasteiger partial charge in [-0.25, -0.2) is 0 Å². The van der Waals surface area contributed by atoms with Crippen molar-refractivity contribution in [3.63, 3.8) is 0 Å². The van der Waals surface area contributed by atoms with Crippen LogP contribution in [0.1, 0.15) is 93.4 Å². The number of fused-ring (bicyclic) bond motifs is 6. The summed E-state index contributed by atoms with van der Waals surface area (Å²) in [5.74, 6) is 0.104. The Balaban J connectivity index is 1.39. The molecule has 4 heterocycles. The second-order valence-corrected chi connectivity index (χ2v) is 15.1. The van der Waals surface area contributed by atoms with Gasteiger partial charge in [0.05, 0.1) is 24.4 Å². The Morgan fingerprint density at radius 1 is 0.971 bits per heavy atom. The first-order valence-corrected chi connectivity index (χ1v) is 14.3. The van der Waals surface area contributed by atoms with E-state index in [0.29, 0.717) is 17.9 Å². The van der Waals surface area contributed by atoms with E-state index in [4.69, 9.17) is 14.2 Å². The van der Waals surface area contributed by atoms with E-state index in [-0.39, 0.29) is 28.3 Å². The Morgan fingerprint density at radius 2 is 1.71 bits per heavy atom. The van der Waals surface area contributed by atoms with Gasteiger partial charge in [-0.05, 0) is 81.5 Å². The number of aliphatic hydroxyl groups is 2. The van der Waals surface area contributed by atoms with Gasteiger partial charge in [-0.3, -0.25) is 0 Å². The van der Waals surface area contributed by atoms with Gasteiger partial charge in [-0.2, -0.15) is 0 Å². The molecule has 4 saturated heterocycles. The molecule has 8 rings (SSSR count). The number of hydrogen-bond donors (Lipinski definition) is 2. The molecule has 0 aromatic rings. The van der Waals surface area contributed by atoms with Crippen molar-refractivity contribution < 1.29 is 24.4 Å². The van der Waals surface area contributed by atoms with Crippen LogP contribution >= 0.6 is 0 Å². The number of hydrogen-bond acceptors (Lipinski definition) is 5. The van der Waals surface area contributed by atoms with E-state index in [9.17, 15) is 10.2 Å². The molecule has 0 aromatic carbocycles. The van der Waals surface area contributed by atoms with Crippen molar-refractivity contribution in [1.29, 1.82) is 0 Å². The van der Waals surface area contributed by atoms with Gasteiger partial charge in [0, 0.05) is 16.7 Å². The third-order valence-electron chi connectivity index (χ3n) is 13.0. The predicted octanol–water partition coefficient (Wildman–Crippen LogP) is 4.99. The number of rotatable bonds is 1. The quantitative estimate of drug-likeness (QED) is 0.511. The Kier molecular flexibility index (Phi) is 4.44. The molecule has 4 aliphatic heterocycles. The maximum absolute atomic E-state index is 12.4. The molecule has 4 aliphatic carbocycles. The summed E-state index contributed by atoms with van der Waals surface area (Å²) in [6.45, 7) is 16.4. The van der Waals surface area contributed by atoms with Gasteiger partial charge in [0.1, 0.15) is 12.2 Å². The molecule has 6 fully saturated rings. The molecule has 5 nitrogen and oxygen atoms in total. The standard InChI is InChI=1S/C30H46O5/c1-16-14-19-23(26(4,5)32)35-30(34-19)22(16)27(6)12-10-18-17(28(27,7)24(30)31)8-9-20-25(2,3)21-11-13-29(18,20)15-33-21/h16,19-24,31-32H,8-15H2,1-7H3/t16-,19+,20+,21+,22+,23+,24+,27+,28+,29+,30-/m0/s1. The van der Waals surface area contributed by atoms with Crippen LogP contribution in [0.5, 0.6) is 0 Å². The van der Waals surface area contributed by atoms with Crippen LogP contribution in [-0.2, 0) is 14.2 Å². The first-order valence-electron chi connectivity index (χ1n) is 14.3. The molecular weight excluding hydrogens is 440 g/mol. The summed E-state index contributed by atoms with van der Waals surface area (Å²) in [6, 6.07) is 0. The van der Waals surface area contributed by atoms with Crippen molar-refractivity contribution in [3.05, 3.63) is 11.1 Å². The normalized spacial score (nSPS) is 58.0. The average molecular weight is 487 g/mol. The molecule has 5 heteroatoms. The summed E-state index contributed by atoms with van der Waals surface area (Å²) in [7, 11) is 0. The third kappa shape index (κ3) is 2.41. The van der Waals surface area contributed by atoms with Crippen molar-refractivity contribution in [2.45, 2.75) is 129 Å². The minimum atomic E-state index is -1.03. The summed E-state index contributed by atoms with van der Waals surface area (Å²) in [5.41, 5.74) is 1.93. The van der Waals surface area contributed by atoms with Crippen molar-refractivity contribution in [2.24, 2.45) is 39.4 Å². The predicted molar refractivity (Wildman–Crippen MR) is 132 cm³/mol. The van der Waals surface area contributed by atoms with Crippen molar-refractivity contribution >= 4 is 0 Å². The van der Waals surface area contributed by atoms with Crippen LogP contribution in [0.2, 0.25) is 0 Å². The van der Waals surface area contributed by atoms with Gasteiger partial charge in [0.15, 0.2) is 5.79 Å². The molecule has 11 atom stereocenters. The molecule has 0 amide bonds.